The van der Waals surface area contributed by atoms with E-state index in [2.05, 4.69) is 91.6 Å². The fraction of sp³-hybridized carbons (Fsp3) is 0.111. The number of benzene rings is 3. The molecule has 0 aliphatic carbocycles. The third kappa shape index (κ3) is 4.55. The molecule has 3 aromatic carbocycles. The molecule has 29 heavy (non-hydrogen) atoms. The van der Waals surface area contributed by atoms with Gasteiger partial charge in [0.15, 0.2) is 0 Å². The SMILES string of the molecule is C=C/C=C1\C=CNC(S)C1(c1ccccc1)c1ccccc1.Cc1ccccc1. The van der Waals surface area contributed by atoms with Gasteiger partial charge in [-0.05, 0) is 35.9 Å². The van der Waals surface area contributed by atoms with E-state index in [1.165, 1.54) is 22.3 Å². The molecule has 2 heteroatoms. The maximum Gasteiger partial charge on any atom is 0.0868 e. The normalized spacial score (nSPS) is 18.3. The number of nitrogens with one attached hydrogen (secondary N) is 1. The van der Waals surface area contributed by atoms with Crippen LogP contribution in [-0.4, -0.2) is 5.37 Å². The molecule has 1 atom stereocenters. The van der Waals surface area contributed by atoms with Gasteiger partial charge in [-0.25, -0.2) is 0 Å². The Bertz CT molecular complexity index is 920. The lowest BCUT2D eigenvalue weighted by atomic mass is 9.67. The summed E-state index contributed by atoms with van der Waals surface area (Å²) in [5.74, 6) is 0. The van der Waals surface area contributed by atoms with Gasteiger partial charge in [-0.1, -0.05) is 115 Å². The van der Waals surface area contributed by atoms with Crippen LogP contribution in [0.25, 0.3) is 0 Å². The molecule has 0 radical (unpaired) electrons. The van der Waals surface area contributed by atoms with Crippen LogP contribution in [0.15, 0.2) is 128 Å². The first-order valence-electron chi connectivity index (χ1n) is 9.76. The second-order valence-electron chi connectivity index (χ2n) is 6.96. The Labute approximate surface area is 179 Å². The van der Waals surface area contributed by atoms with Crippen LogP contribution in [0.2, 0.25) is 0 Å². The topological polar surface area (TPSA) is 12.0 Å². The number of hydrogen-bond donors (Lipinski definition) is 2. The van der Waals surface area contributed by atoms with Crippen molar-refractivity contribution < 1.29 is 0 Å². The molecule has 0 spiro atoms. The minimum Gasteiger partial charge on any atom is -0.378 e. The van der Waals surface area contributed by atoms with Gasteiger partial charge < -0.3 is 5.32 Å². The molecule has 1 aliphatic heterocycles. The van der Waals surface area contributed by atoms with E-state index in [4.69, 9.17) is 12.6 Å². The van der Waals surface area contributed by atoms with Crippen molar-refractivity contribution in [3.05, 3.63) is 144 Å². The second kappa shape index (κ2) is 9.99. The van der Waals surface area contributed by atoms with Crippen molar-refractivity contribution in [3.63, 3.8) is 0 Å². The molecule has 1 N–H and O–H groups in total. The van der Waals surface area contributed by atoms with Gasteiger partial charge >= 0.3 is 0 Å². The summed E-state index contributed by atoms with van der Waals surface area (Å²) in [7, 11) is 0. The number of allylic oxidation sites excluding steroid dienone is 3. The first-order chi connectivity index (χ1) is 14.2. The molecule has 0 fully saturated rings. The van der Waals surface area contributed by atoms with E-state index in [0.29, 0.717) is 0 Å². The summed E-state index contributed by atoms with van der Waals surface area (Å²) in [5, 5.41) is 3.31. The summed E-state index contributed by atoms with van der Waals surface area (Å²) < 4.78 is 0. The van der Waals surface area contributed by atoms with E-state index in [1.54, 1.807) is 0 Å². The van der Waals surface area contributed by atoms with E-state index in [1.807, 2.05) is 42.6 Å². The average molecular weight is 398 g/mol. The van der Waals surface area contributed by atoms with Gasteiger partial charge in [0, 0.05) is 0 Å². The van der Waals surface area contributed by atoms with Gasteiger partial charge in [0.25, 0.3) is 0 Å². The van der Waals surface area contributed by atoms with Crippen molar-refractivity contribution in [2.75, 3.05) is 0 Å². The molecule has 4 rings (SSSR count). The zero-order valence-corrected chi connectivity index (χ0v) is 17.6. The predicted octanol–water partition coefficient (Wildman–Crippen LogP) is 6.45. The van der Waals surface area contributed by atoms with Crippen molar-refractivity contribution in [1.29, 1.82) is 0 Å². The molecule has 0 saturated heterocycles. The Balaban J connectivity index is 0.000000290. The molecule has 3 aromatic rings. The first kappa shape index (κ1) is 20.8. The Morgan fingerprint density at radius 1 is 0.828 bits per heavy atom. The quantitative estimate of drug-likeness (QED) is 0.484. The van der Waals surface area contributed by atoms with E-state index < -0.39 is 0 Å². The molecule has 1 aliphatic rings. The molecule has 0 aromatic heterocycles. The number of rotatable bonds is 3. The highest BCUT2D eigenvalue weighted by Crippen LogP contribution is 2.45. The number of aryl methyl sites for hydroxylation is 1. The Morgan fingerprint density at radius 3 is 1.72 bits per heavy atom. The van der Waals surface area contributed by atoms with Crippen LogP contribution < -0.4 is 5.32 Å². The lowest BCUT2D eigenvalue weighted by Crippen LogP contribution is -2.47. The van der Waals surface area contributed by atoms with E-state index in [0.717, 1.165) is 0 Å². The second-order valence-corrected chi connectivity index (χ2v) is 7.47. The van der Waals surface area contributed by atoms with E-state index in [-0.39, 0.29) is 10.8 Å². The molecule has 0 amide bonds. The Kier molecular flexibility index (Phi) is 7.15. The lowest BCUT2D eigenvalue weighted by Gasteiger charge is -2.43. The predicted molar refractivity (Wildman–Crippen MR) is 128 cm³/mol. The standard InChI is InChI=1S/C20H19NS.C7H8/c1-2-9-16-14-15-21-19(22)20(16,17-10-5-3-6-11-17)18-12-7-4-8-13-18;1-7-5-3-2-4-6-7/h2-15,19,21-22H,1H2;2-6H,1H3/b16-9+;. The van der Waals surface area contributed by atoms with Gasteiger partial charge in [-0.2, -0.15) is 12.6 Å². The van der Waals surface area contributed by atoms with Crippen LogP contribution in [0.3, 0.4) is 0 Å². The summed E-state index contributed by atoms with van der Waals surface area (Å²) in [5.41, 5.74) is 4.58. The molecule has 0 bridgehead atoms. The zero-order valence-electron chi connectivity index (χ0n) is 16.7. The van der Waals surface area contributed by atoms with E-state index >= 15 is 0 Å². The van der Waals surface area contributed by atoms with Crippen LogP contribution in [0.1, 0.15) is 16.7 Å². The highest BCUT2D eigenvalue weighted by Gasteiger charge is 2.44. The molecule has 146 valence electrons. The third-order valence-electron chi connectivity index (χ3n) is 5.08. The van der Waals surface area contributed by atoms with Crippen molar-refractivity contribution in [1.82, 2.24) is 5.32 Å². The summed E-state index contributed by atoms with van der Waals surface area (Å²) in [6, 6.07) is 31.3. The van der Waals surface area contributed by atoms with Crippen LogP contribution in [0, 0.1) is 6.92 Å². The highest BCUT2D eigenvalue weighted by atomic mass is 32.1. The first-order valence-corrected chi connectivity index (χ1v) is 10.3. The molecule has 1 unspecified atom stereocenters. The summed E-state index contributed by atoms with van der Waals surface area (Å²) in [6.45, 7) is 5.96. The van der Waals surface area contributed by atoms with Gasteiger partial charge in [0.1, 0.15) is 0 Å². The minimum atomic E-state index is -0.353. The largest absolute Gasteiger partial charge is 0.378 e. The fourth-order valence-electron chi connectivity index (χ4n) is 3.71. The number of hydrogen-bond acceptors (Lipinski definition) is 2. The van der Waals surface area contributed by atoms with Crippen molar-refractivity contribution in [2.24, 2.45) is 0 Å². The maximum absolute atomic E-state index is 4.88. The van der Waals surface area contributed by atoms with E-state index in [9.17, 15) is 0 Å². The third-order valence-corrected chi connectivity index (χ3v) is 5.61. The highest BCUT2D eigenvalue weighted by molar-refractivity contribution is 7.81. The Hall–Kier alpha value is -2.97. The maximum atomic E-state index is 4.88. The van der Waals surface area contributed by atoms with Crippen molar-refractivity contribution >= 4 is 12.6 Å². The average Bonchev–Trinajstić information content (AvgIpc) is 2.77. The Morgan fingerprint density at radius 2 is 1.31 bits per heavy atom. The molecular weight excluding hydrogens is 370 g/mol. The fourth-order valence-corrected chi connectivity index (χ4v) is 4.24. The zero-order chi connectivity index (χ0) is 20.5. The van der Waals surface area contributed by atoms with Gasteiger partial charge in [0.2, 0.25) is 0 Å². The molecule has 1 heterocycles. The summed E-state index contributed by atoms with van der Waals surface area (Å²) in [4.78, 5) is 0. The van der Waals surface area contributed by atoms with Crippen LogP contribution in [0.5, 0.6) is 0 Å². The monoisotopic (exact) mass is 397 g/mol. The number of thiol groups is 1. The van der Waals surface area contributed by atoms with Crippen LogP contribution in [0.4, 0.5) is 0 Å². The van der Waals surface area contributed by atoms with Crippen molar-refractivity contribution in [3.8, 4) is 0 Å². The lowest BCUT2D eigenvalue weighted by molar-refractivity contribution is 0.530. The van der Waals surface area contributed by atoms with Gasteiger partial charge in [-0.15, -0.1) is 0 Å². The molecular formula is C27H27NS. The summed E-state index contributed by atoms with van der Waals surface area (Å²) >= 11 is 4.88. The van der Waals surface area contributed by atoms with Gasteiger partial charge in [-0.3, -0.25) is 0 Å². The van der Waals surface area contributed by atoms with Crippen LogP contribution >= 0.6 is 12.6 Å². The van der Waals surface area contributed by atoms with Crippen LogP contribution in [-0.2, 0) is 5.41 Å². The van der Waals surface area contributed by atoms with Crippen molar-refractivity contribution in [2.45, 2.75) is 17.7 Å². The minimum absolute atomic E-state index is 0.0616. The van der Waals surface area contributed by atoms with Gasteiger partial charge in [0.05, 0.1) is 10.8 Å². The molecule has 1 nitrogen and oxygen atoms in total. The smallest absolute Gasteiger partial charge is 0.0868 e. The summed E-state index contributed by atoms with van der Waals surface area (Å²) in [6.07, 6.45) is 7.97. The molecule has 0 saturated carbocycles.